The summed E-state index contributed by atoms with van der Waals surface area (Å²) in [4.78, 5) is 42.2. The van der Waals surface area contributed by atoms with Crippen molar-refractivity contribution < 1.29 is 46.3 Å². The second kappa shape index (κ2) is 17.7. The van der Waals surface area contributed by atoms with E-state index in [-0.39, 0.29) is 43.6 Å². The lowest BCUT2D eigenvalue weighted by molar-refractivity contribution is -0.676. The number of nitrogen functional groups attached to an aromatic ring is 1. The van der Waals surface area contributed by atoms with Crippen molar-refractivity contribution in [1.29, 1.82) is 0 Å². The molecule has 2 amide bonds. The Morgan fingerprint density at radius 2 is 1.89 bits per heavy atom. The zero-order valence-electron chi connectivity index (χ0n) is 25.5. The Morgan fingerprint density at radius 1 is 1.18 bits per heavy atom. The van der Waals surface area contributed by atoms with Crippen LogP contribution in [-0.2, 0) is 38.7 Å². The van der Waals surface area contributed by atoms with E-state index in [4.69, 9.17) is 26.8 Å². The monoisotopic (exact) mass is 678 g/mol. The van der Waals surface area contributed by atoms with E-state index >= 15 is 0 Å². The molecule has 0 atom stereocenters. The molecule has 0 radical (unpaired) electrons. The largest absolute Gasteiger partial charge is 0.490 e. The Labute approximate surface area is 264 Å². The number of imidazole rings is 1. The molecule has 0 saturated heterocycles. The van der Waals surface area contributed by atoms with Crippen LogP contribution in [0.4, 0.5) is 19.0 Å². The molecule has 0 aliphatic carbocycles. The van der Waals surface area contributed by atoms with E-state index in [9.17, 15) is 27.6 Å². The standard InChI is InChI=1S/C24H33ClN7O4P.C3H3F3O2/c1-5-31-17-8-7-16(36-14-20(33)27-9-10-35-15-37(3)4)11-18(17)32(6-2)21(31)13-29-24(34)22-23(26)28-12-19(25)30-22;1-8-2(7)3(4,5)6/h7-8,11-12H,5-6,9-10,13-15H2,1-4H3,(H3-,26,27,28,29,33,34);1H3/p+1. The molecule has 18 heteroatoms. The molecule has 45 heavy (non-hydrogen) atoms. The third-order valence-corrected chi connectivity index (χ3v) is 6.76. The van der Waals surface area contributed by atoms with Crippen LogP contribution in [0.15, 0.2) is 24.4 Å². The summed E-state index contributed by atoms with van der Waals surface area (Å²) in [6, 6.07) is 5.68. The van der Waals surface area contributed by atoms with Gasteiger partial charge in [-0.1, -0.05) is 19.5 Å². The quantitative estimate of drug-likeness (QED) is 0.107. The second-order valence-electron chi connectivity index (χ2n) is 9.41. The van der Waals surface area contributed by atoms with Gasteiger partial charge in [0.05, 0.1) is 39.4 Å². The third kappa shape index (κ3) is 11.3. The van der Waals surface area contributed by atoms with E-state index in [2.05, 4.69) is 47.8 Å². The number of fused-ring (bicyclic) bond motifs is 1. The fourth-order valence-corrected chi connectivity index (χ4v) is 4.60. The van der Waals surface area contributed by atoms with Crippen molar-refractivity contribution in [2.24, 2.45) is 0 Å². The molecule has 0 bridgehead atoms. The molecular weight excluding hydrogens is 642 g/mol. The van der Waals surface area contributed by atoms with Crippen LogP contribution in [0, 0.1) is 0 Å². The van der Waals surface area contributed by atoms with Crippen molar-refractivity contribution in [3.63, 3.8) is 0 Å². The highest BCUT2D eigenvalue weighted by molar-refractivity contribution is 7.55. The molecule has 13 nitrogen and oxygen atoms in total. The Balaban J connectivity index is 0.000000777. The lowest BCUT2D eigenvalue weighted by atomic mass is 10.3. The molecule has 0 spiro atoms. The SMILES string of the molecule is CCn1c(CNC(=O)c2nc(Cl)cnc2N)[n+](CC)c2ccc(OCC(=O)NCCOCP(C)C)cc21.COC(=O)C(F)(F)F. The maximum Gasteiger partial charge on any atom is 0.490 e. The molecular formula is C27H37ClF3N7O6P+. The number of aromatic nitrogens is 4. The van der Waals surface area contributed by atoms with Crippen molar-refractivity contribution in [3.8, 4) is 5.75 Å². The van der Waals surface area contributed by atoms with Gasteiger partial charge >= 0.3 is 12.1 Å². The number of aryl methyl sites for hydroxylation is 2. The van der Waals surface area contributed by atoms with Crippen LogP contribution in [0.25, 0.3) is 11.0 Å². The van der Waals surface area contributed by atoms with Crippen LogP contribution in [0.1, 0.15) is 30.2 Å². The first kappa shape index (κ1) is 37.4. The maximum absolute atomic E-state index is 12.7. The maximum atomic E-state index is 12.7. The summed E-state index contributed by atoms with van der Waals surface area (Å²) in [5.74, 6) is -1.36. The number of hydrogen-bond donors (Lipinski definition) is 3. The van der Waals surface area contributed by atoms with Gasteiger partial charge in [-0.05, 0) is 39.3 Å². The zero-order valence-corrected chi connectivity index (χ0v) is 27.2. The smallest absolute Gasteiger partial charge is 0.484 e. The normalized spacial score (nSPS) is 11.2. The van der Waals surface area contributed by atoms with Gasteiger partial charge in [0.1, 0.15) is 17.4 Å². The van der Waals surface area contributed by atoms with Crippen LogP contribution in [0.5, 0.6) is 5.75 Å². The average molecular weight is 679 g/mol. The molecule has 0 unspecified atom stereocenters. The molecule has 1 aromatic carbocycles. The molecule has 3 rings (SSSR count). The van der Waals surface area contributed by atoms with E-state index in [0.29, 0.717) is 39.1 Å². The summed E-state index contributed by atoms with van der Waals surface area (Å²) < 4.78 is 51.7. The number of hydrogen-bond acceptors (Lipinski definition) is 9. The molecule has 248 valence electrons. The summed E-state index contributed by atoms with van der Waals surface area (Å²) in [5.41, 5.74) is 7.69. The van der Waals surface area contributed by atoms with Crippen molar-refractivity contribution in [3.05, 3.63) is 41.1 Å². The van der Waals surface area contributed by atoms with Gasteiger partial charge in [0.15, 0.2) is 29.2 Å². The van der Waals surface area contributed by atoms with Crippen molar-refractivity contribution >= 4 is 54.2 Å². The number of rotatable bonds is 13. The minimum Gasteiger partial charge on any atom is -0.484 e. The van der Waals surface area contributed by atoms with Crippen molar-refractivity contribution in [2.75, 3.05) is 52.3 Å². The molecule has 0 aliphatic heterocycles. The summed E-state index contributed by atoms with van der Waals surface area (Å²) in [7, 11) is 0.567. The van der Waals surface area contributed by atoms with Crippen molar-refractivity contribution in [2.45, 2.75) is 39.7 Å². The predicted molar refractivity (Wildman–Crippen MR) is 162 cm³/mol. The van der Waals surface area contributed by atoms with Gasteiger partial charge < -0.3 is 30.6 Å². The Bertz CT molecular complexity index is 1470. The molecule has 2 aromatic heterocycles. The fraction of sp³-hybridized carbons (Fsp3) is 0.481. The Kier molecular flexibility index (Phi) is 14.7. The highest BCUT2D eigenvalue weighted by Gasteiger charge is 2.40. The van der Waals surface area contributed by atoms with Gasteiger partial charge in [-0.3, -0.25) is 9.59 Å². The van der Waals surface area contributed by atoms with Gasteiger partial charge in [0.25, 0.3) is 17.6 Å². The number of carbonyl (C=O) groups is 3. The number of anilines is 1. The van der Waals surface area contributed by atoms with Crippen LogP contribution in [0.3, 0.4) is 0 Å². The lowest BCUT2D eigenvalue weighted by Crippen LogP contribution is -2.40. The molecule has 0 saturated carbocycles. The van der Waals surface area contributed by atoms with Gasteiger partial charge in [-0.25, -0.2) is 23.9 Å². The van der Waals surface area contributed by atoms with Crippen LogP contribution in [-0.4, -0.2) is 85.0 Å². The molecule has 0 aliphatic rings. The van der Waals surface area contributed by atoms with Crippen LogP contribution in [0.2, 0.25) is 5.15 Å². The Hall–Kier alpha value is -3.75. The number of ether oxygens (including phenoxy) is 3. The van der Waals surface area contributed by atoms with Gasteiger partial charge in [0, 0.05) is 12.6 Å². The first-order chi connectivity index (χ1) is 21.2. The second-order valence-corrected chi connectivity index (χ2v) is 12.2. The van der Waals surface area contributed by atoms with E-state index in [1.807, 2.05) is 32.0 Å². The lowest BCUT2D eigenvalue weighted by Gasteiger charge is -2.09. The molecule has 4 N–H and O–H groups in total. The predicted octanol–water partition coefficient (Wildman–Crippen LogP) is 2.86. The minimum atomic E-state index is -4.85. The first-order valence-corrected chi connectivity index (χ1v) is 16.4. The Morgan fingerprint density at radius 3 is 2.47 bits per heavy atom. The molecule has 0 fully saturated rings. The van der Waals surface area contributed by atoms with E-state index in [0.717, 1.165) is 23.2 Å². The van der Waals surface area contributed by atoms with E-state index in [1.165, 1.54) is 6.20 Å². The number of amides is 2. The topological polar surface area (TPSA) is 164 Å². The van der Waals surface area contributed by atoms with E-state index in [1.54, 1.807) is 0 Å². The number of nitrogens with zero attached hydrogens (tertiary/aromatic N) is 4. The zero-order chi connectivity index (χ0) is 33.7. The van der Waals surface area contributed by atoms with Gasteiger partial charge in [0.2, 0.25) is 0 Å². The van der Waals surface area contributed by atoms with Crippen LogP contribution >= 0.6 is 19.5 Å². The number of nitrogens with one attached hydrogen (secondary N) is 2. The number of esters is 1. The fourth-order valence-electron chi connectivity index (χ4n) is 3.97. The number of alkyl halides is 3. The van der Waals surface area contributed by atoms with Gasteiger partial charge in [-0.15, -0.1) is 0 Å². The number of halogens is 4. The van der Waals surface area contributed by atoms with Gasteiger partial charge in [-0.2, -0.15) is 13.2 Å². The summed E-state index contributed by atoms with van der Waals surface area (Å²) in [6.45, 7) is 10.8. The highest BCUT2D eigenvalue weighted by Crippen LogP contribution is 2.23. The summed E-state index contributed by atoms with van der Waals surface area (Å²) >= 11 is 5.88. The average Bonchev–Trinajstić information content (AvgIpc) is 3.30. The number of benzene rings is 1. The minimum absolute atomic E-state index is 0.0102. The summed E-state index contributed by atoms with van der Waals surface area (Å²) in [5, 5.41) is 5.76. The molecule has 3 aromatic rings. The molecule has 2 heterocycles. The summed E-state index contributed by atoms with van der Waals surface area (Å²) in [6.07, 6.45) is -2.83. The van der Waals surface area contributed by atoms with Crippen LogP contribution < -0.4 is 25.7 Å². The third-order valence-electron chi connectivity index (χ3n) is 5.88. The number of nitrogens with two attached hydrogens (primary N) is 1. The van der Waals surface area contributed by atoms with Crippen molar-refractivity contribution in [1.82, 2.24) is 25.2 Å². The number of methoxy groups -OCH3 is 1. The first-order valence-electron chi connectivity index (χ1n) is 13.6. The number of carbonyl (C=O) groups excluding carboxylic acids is 3. The van der Waals surface area contributed by atoms with E-state index < -0.39 is 18.1 Å². The highest BCUT2D eigenvalue weighted by atomic mass is 35.5.